The fraction of sp³-hybridized carbons (Fsp3) is 0.300. The average molecular weight is 356 g/mol. The summed E-state index contributed by atoms with van der Waals surface area (Å²) in [6.45, 7) is 7.78. The van der Waals surface area contributed by atoms with Gasteiger partial charge in [-0.3, -0.25) is 9.59 Å². The van der Waals surface area contributed by atoms with E-state index < -0.39 is 0 Å². The smallest absolute Gasteiger partial charge is 0.243 e. The molecule has 132 valence electrons. The molecule has 0 bridgehead atoms. The molecule has 4 nitrogen and oxygen atoms in total. The van der Waals surface area contributed by atoms with Crippen molar-refractivity contribution in [2.75, 3.05) is 11.9 Å². The van der Waals surface area contributed by atoms with Crippen molar-refractivity contribution >= 4 is 29.3 Å². The van der Waals surface area contributed by atoms with Crippen LogP contribution in [0.15, 0.2) is 47.4 Å². The van der Waals surface area contributed by atoms with Crippen LogP contribution in [0.4, 0.5) is 5.69 Å². The predicted molar refractivity (Wildman–Crippen MR) is 104 cm³/mol. The number of aryl methyl sites for hydroxylation is 2. The number of thioether (sulfide) groups is 1. The maximum Gasteiger partial charge on any atom is 0.243 e. The third kappa shape index (κ3) is 5.64. The molecule has 0 radical (unpaired) electrons. The quantitative estimate of drug-likeness (QED) is 0.773. The van der Waals surface area contributed by atoms with Gasteiger partial charge in [0.1, 0.15) is 0 Å². The standard InChI is InChI=1S/C20H24N2O2S/c1-13-8-10-17(11-9-13)25-16(4)20(24)21-12-19(23)22-18-7-5-6-14(2)15(18)3/h5-11,16H,12H2,1-4H3,(H,21,24)(H,22,23)/t16-/m0/s1. The monoisotopic (exact) mass is 356 g/mol. The molecule has 0 aliphatic heterocycles. The molecular formula is C20H24N2O2S. The third-order valence-electron chi connectivity index (χ3n) is 4.00. The van der Waals surface area contributed by atoms with Crippen molar-refractivity contribution in [2.45, 2.75) is 37.8 Å². The molecule has 0 heterocycles. The summed E-state index contributed by atoms with van der Waals surface area (Å²) in [6, 6.07) is 13.8. The molecular weight excluding hydrogens is 332 g/mol. The maximum absolute atomic E-state index is 12.2. The Morgan fingerprint density at radius 3 is 2.40 bits per heavy atom. The first-order valence-corrected chi connectivity index (χ1v) is 9.12. The fourth-order valence-corrected chi connectivity index (χ4v) is 3.16. The molecule has 0 saturated carbocycles. The first-order valence-electron chi connectivity index (χ1n) is 8.24. The van der Waals surface area contributed by atoms with Crippen LogP contribution >= 0.6 is 11.8 Å². The number of nitrogens with one attached hydrogen (secondary N) is 2. The zero-order valence-corrected chi connectivity index (χ0v) is 15.9. The van der Waals surface area contributed by atoms with E-state index in [9.17, 15) is 9.59 Å². The van der Waals surface area contributed by atoms with Crippen LogP contribution in [0.25, 0.3) is 0 Å². The van der Waals surface area contributed by atoms with Gasteiger partial charge in [0.05, 0.1) is 11.8 Å². The van der Waals surface area contributed by atoms with Gasteiger partial charge in [-0.05, 0) is 57.0 Å². The molecule has 0 fully saturated rings. The van der Waals surface area contributed by atoms with Crippen LogP contribution in [-0.2, 0) is 9.59 Å². The normalized spacial score (nSPS) is 11.7. The second kappa shape index (κ2) is 8.72. The van der Waals surface area contributed by atoms with E-state index >= 15 is 0 Å². The topological polar surface area (TPSA) is 58.2 Å². The SMILES string of the molecule is Cc1ccc(S[C@@H](C)C(=O)NCC(=O)Nc2cccc(C)c2C)cc1. The van der Waals surface area contributed by atoms with Gasteiger partial charge in [-0.2, -0.15) is 0 Å². The highest BCUT2D eigenvalue weighted by molar-refractivity contribution is 8.00. The largest absolute Gasteiger partial charge is 0.346 e. The van der Waals surface area contributed by atoms with E-state index in [1.165, 1.54) is 17.3 Å². The summed E-state index contributed by atoms with van der Waals surface area (Å²) < 4.78 is 0. The summed E-state index contributed by atoms with van der Waals surface area (Å²) >= 11 is 1.48. The molecule has 2 amide bonds. The molecule has 1 atom stereocenters. The Labute approximate surface area is 153 Å². The average Bonchev–Trinajstić information content (AvgIpc) is 2.59. The Bertz CT molecular complexity index is 757. The van der Waals surface area contributed by atoms with Crippen LogP contribution in [-0.4, -0.2) is 23.6 Å². The second-order valence-electron chi connectivity index (χ2n) is 6.09. The Morgan fingerprint density at radius 1 is 1.04 bits per heavy atom. The number of hydrogen-bond donors (Lipinski definition) is 2. The molecule has 0 spiro atoms. The van der Waals surface area contributed by atoms with Crippen molar-refractivity contribution in [1.29, 1.82) is 0 Å². The minimum atomic E-state index is -0.267. The molecule has 0 saturated heterocycles. The lowest BCUT2D eigenvalue weighted by Gasteiger charge is -2.13. The van der Waals surface area contributed by atoms with Crippen molar-refractivity contribution in [3.05, 3.63) is 59.2 Å². The molecule has 2 N–H and O–H groups in total. The third-order valence-corrected chi connectivity index (χ3v) is 5.12. The molecule has 5 heteroatoms. The minimum absolute atomic E-state index is 0.0367. The van der Waals surface area contributed by atoms with E-state index in [4.69, 9.17) is 0 Å². The van der Waals surface area contributed by atoms with E-state index in [-0.39, 0.29) is 23.6 Å². The highest BCUT2D eigenvalue weighted by Crippen LogP contribution is 2.23. The number of rotatable bonds is 6. The summed E-state index contributed by atoms with van der Waals surface area (Å²) in [4.78, 5) is 25.3. The number of carbonyl (C=O) groups is 2. The zero-order valence-electron chi connectivity index (χ0n) is 15.1. The van der Waals surface area contributed by atoms with E-state index in [1.807, 2.05) is 70.2 Å². The van der Waals surface area contributed by atoms with Crippen molar-refractivity contribution in [3.8, 4) is 0 Å². The molecule has 0 unspecified atom stereocenters. The fourth-order valence-electron chi connectivity index (χ4n) is 2.27. The summed E-state index contributed by atoms with van der Waals surface area (Å²) in [6.07, 6.45) is 0. The number of amides is 2. The van der Waals surface area contributed by atoms with Gasteiger partial charge in [-0.1, -0.05) is 29.8 Å². The molecule has 2 rings (SSSR count). The number of carbonyl (C=O) groups excluding carboxylic acids is 2. The molecule has 2 aromatic rings. The Balaban J connectivity index is 1.83. The number of anilines is 1. The van der Waals surface area contributed by atoms with Crippen molar-refractivity contribution in [1.82, 2.24) is 5.32 Å². The lowest BCUT2D eigenvalue weighted by atomic mass is 10.1. The summed E-state index contributed by atoms with van der Waals surface area (Å²) in [5, 5.41) is 5.27. The number of hydrogen-bond acceptors (Lipinski definition) is 3. The van der Waals surface area contributed by atoms with Crippen molar-refractivity contribution < 1.29 is 9.59 Å². The first kappa shape index (κ1) is 19.1. The van der Waals surface area contributed by atoms with Crippen LogP contribution in [0.5, 0.6) is 0 Å². The maximum atomic E-state index is 12.2. The van der Waals surface area contributed by atoms with Crippen LogP contribution in [0.3, 0.4) is 0 Å². The lowest BCUT2D eigenvalue weighted by molar-refractivity contribution is -0.123. The summed E-state index contributed by atoms with van der Waals surface area (Å²) in [5.74, 6) is -0.378. The molecule has 0 aliphatic rings. The van der Waals surface area contributed by atoms with Crippen LogP contribution in [0.2, 0.25) is 0 Å². The van der Waals surface area contributed by atoms with Gasteiger partial charge >= 0.3 is 0 Å². The van der Waals surface area contributed by atoms with E-state index in [0.717, 1.165) is 21.7 Å². The summed E-state index contributed by atoms with van der Waals surface area (Å²) in [5.41, 5.74) is 4.11. The zero-order chi connectivity index (χ0) is 18.4. The number of benzene rings is 2. The van der Waals surface area contributed by atoms with Crippen LogP contribution in [0.1, 0.15) is 23.6 Å². The van der Waals surface area contributed by atoms with Gasteiger partial charge in [-0.25, -0.2) is 0 Å². The Hall–Kier alpha value is -2.27. The van der Waals surface area contributed by atoms with Gasteiger partial charge < -0.3 is 10.6 Å². The van der Waals surface area contributed by atoms with Gasteiger partial charge in [0, 0.05) is 10.6 Å². The van der Waals surface area contributed by atoms with Gasteiger partial charge in [0.15, 0.2) is 0 Å². The van der Waals surface area contributed by atoms with Gasteiger partial charge in [0.2, 0.25) is 11.8 Å². The van der Waals surface area contributed by atoms with E-state index in [2.05, 4.69) is 10.6 Å². The van der Waals surface area contributed by atoms with E-state index in [1.54, 1.807) is 0 Å². The van der Waals surface area contributed by atoms with Crippen LogP contribution < -0.4 is 10.6 Å². The first-order chi connectivity index (χ1) is 11.9. The van der Waals surface area contributed by atoms with E-state index in [0.29, 0.717) is 0 Å². The summed E-state index contributed by atoms with van der Waals surface area (Å²) in [7, 11) is 0. The van der Waals surface area contributed by atoms with Crippen molar-refractivity contribution in [3.63, 3.8) is 0 Å². The highest BCUT2D eigenvalue weighted by Gasteiger charge is 2.15. The van der Waals surface area contributed by atoms with Crippen LogP contribution in [0, 0.1) is 20.8 Å². The molecule has 0 aromatic heterocycles. The Kier molecular flexibility index (Phi) is 6.65. The van der Waals surface area contributed by atoms with Crippen molar-refractivity contribution in [2.24, 2.45) is 0 Å². The minimum Gasteiger partial charge on any atom is -0.346 e. The molecule has 25 heavy (non-hydrogen) atoms. The second-order valence-corrected chi connectivity index (χ2v) is 7.50. The van der Waals surface area contributed by atoms with Gasteiger partial charge in [0.25, 0.3) is 0 Å². The lowest BCUT2D eigenvalue weighted by Crippen LogP contribution is -2.37. The Morgan fingerprint density at radius 2 is 1.72 bits per heavy atom. The molecule has 2 aromatic carbocycles. The van der Waals surface area contributed by atoms with Gasteiger partial charge in [-0.15, -0.1) is 11.8 Å². The molecule has 0 aliphatic carbocycles. The predicted octanol–water partition coefficient (Wildman–Crippen LogP) is 3.85. The highest BCUT2D eigenvalue weighted by atomic mass is 32.2.